The Kier molecular flexibility index (Phi) is 5.48. The first kappa shape index (κ1) is 14.8. The van der Waals surface area contributed by atoms with Crippen LogP contribution in [0.5, 0.6) is 0 Å². The highest BCUT2D eigenvalue weighted by Crippen LogP contribution is 2.37. The fourth-order valence-corrected chi connectivity index (χ4v) is 3.45. The molecule has 0 aromatic heterocycles. The molecule has 0 aromatic rings. The number of carbonyl (C=O) groups is 2. The van der Waals surface area contributed by atoms with E-state index in [9.17, 15) is 9.59 Å². The third-order valence-corrected chi connectivity index (χ3v) is 4.51. The van der Waals surface area contributed by atoms with Crippen LogP contribution < -0.4 is 0 Å². The minimum absolute atomic E-state index is 0.0135. The third kappa shape index (κ3) is 2.78. The summed E-state index contributed by atoms with van der Waals surface area (Å²) in [5.41, 5.74) is 0. The minimum Gasteiger partial charge on any atom is -0.465 e. The Labute approximate surface area is 111 Å². The maximum atomic E-state index is 12.0. The molecule has 0 N–H and O–H groups in total. The van der Waals surface area contributed by atoms with Crippen molar-refractivity contribution in [3.8, 4) is 6.07 Å². The molecule has 6 heteroatoms. The van der Waals surface area contributed by atoms with Crippen LogP contribution in [0.1, 0.15) is 27.2 Å². The number of rotatable bonds is 5. The fraction of sp³-hybridized carbons (Fsp3) is 0.750. The van der Waals surface area contributed by atoms with E-state index in [1.54, 1.807) is 11.8 Å². The van der Waals surface area contributed by atoms with Crippen LogP contribution in [0.2, 0.25) is 0 Å². The van der Waals surface area contributed by atoms with Gasteiger partial charge in [-0.3, -0.25) is 9.59 Å². The summed E-state index contributed by atoms with van der Waals surface area (Å²) >= 11 is 1.39. The lowest BCUT2D eigenvalue weighted by Gasteiger charge is -2.24. The molecule has 1 heterocycles. The summed E-state index contributed by atoms with van der Waals surface area (Å²) < 4.78 is 4.89. The zero-order valence-corrected chi connectivity index (χ0v) is 11.7. The molecule has 1 amide bonds. The Morgan fingerprint density at radius 3 is 2.67 bits per heavy atom. The normalized spacial score (nSPS) is 24.8. The van der Waals surface area contributed by atoms with Crippen molar-refractivity contribution >= 4 is 23.6 Å². The van der Waals surface area contributed by atoms with Crippen molar-refractivity contribution in [2.75, 3.05) is 13.2 Å². The van der Waals surface area contributed by atoms with Crippen molar-refractivity contribution in [3.63, 3.8) is 0 Å². The van der Waals surface area contributed by atoms with Gasteiger partial charge in [-0.15, -0.1) is 11.8 Å². The van der Waals surface area contributed by atoms with E-state index < -0.39 is 17.3 Å². The highest BCUT2D eigenvalue weighted by Gasteiger charge is 2.45. The Hall–Kier alpha value is -1.22. The van der Waals surface area contributed by atoms with Gasteiger partial charge >= 0.3 is 5.97 Å². The first-order chi connectivity index (χ1) is 8.60. The summed E-state index contributed by atoms with van der Waals surface area (Å²) in [5.74, 6) is -1.43. The molecule has 1 aliphatic heterocycles. The maximum Gasteiger partial charge on any atom is 0.326 e. The van der Waals surface area contributed by atoms with E-state index in [4.69, 9.17) is 10.00 Å². The number of ether oxygens (including phenoxy) is 1. The first-order valence-corrected chi connectivity index (χ1v) is 7.07. The molecule has 0 saturated carbocycles. The molecule has 0 radical (unpaired) electrons. The number of hydrogen-bond donors (Lipinski definition) is 0. The number of nitriles is 1. The second-order valence-corrected chi connectivity index (χ2v) is 5.23. The van der Waals surface area contributed by atoms with Gasteiger partial charge < -0.3 is 9.64 Å². The molecule has 3 atom stereocenters. The van der Waals surface area contributed by atoms with Crippen LogP contribution in [0, 0.1) is 17.2 Å². The molecule has 1 saturated heterocycles. The van der Waals surface area contributed by atoms with E-state index in [1.165, 1.54) is 11.8 Å². The molecule has 5 nitrogen and oxygen atoms in total. The van der Waals surface area contributed by atoms with Gasteiger partial charge in [-0.25, -0.2) is 0 Å². The van der Waals surface area contributed by atoms with Crippen LogP contribution in [0.15, 0.2) is 0 Å². The van der Waals surface area contributed by atoms with Gasteiger partial charge in [-0.05, 0) is 20.3 Å². The average Bonchev–Trinajstić information content (AvgIpc) is 2.67. The predicted molar refractivity (Wildman–Crippen MR) is 68.6 cm³/mol. The molecule has 1 rings (SSSR count). The number of hydrogen-bond acceptors (Lipinski definition) is 5. The van der Waals surface area contributed by atoms with Gasteiger partial charge in [-0.2, -0.15) is 5.26 Å². The second-order valence-electron chi connectivity index (χ2n) is 3.91. The maximum absolute atomic E-state index is 12.0. The van der Waals surface area contributed by atoms with Gasteiger partial charge in [0.15, 0.2) is 5.92 Å². The lowest BCUT2D eigenvalue weighted by Crippen LogP contribution is -2.40. The predicted octanol–water partition coefficient (Wildman–Crippen LogP) is 1.39. The number of amides is 1. The summed E-state index contributed by atoms with van der Waals surface area (Å²) in [6, 6.07) is 1.97. The second kappa shape index (κ2) is 6.64. The highest BCUT2D eigenvalue weighted by molar-refractivity contribution is 8.01. The van der Waals surface area contributed by atoms with Crippen LogP contribution in [0.3, 0.4) is 0 Å². The van der Waals surface area contributed by atoms with E-state index in [0.717, 1.165) is 0 Å². The number of nitrogens with zero attached hydrogens (tertiary/aromatic N) is 2. The van der Waals surface area contributed by atoms with Crippen LogP contribution >= 0.6 is 11.8 Å². The van der Waals surface area contributed by atoms with Gasteiger partial charge in [0.05, 0.1) is 17.9 Å². The lowest BCUT2D eigenvalue weighted by molar-refractivity contribution is -0.147. The number of thioether (sulfide) groups is 1. The van der Waals surface area contributed by atoms with E-state index >= 15 is 0 Å². The summed E-state index contributed by atoms with van der Waals surface area (Å²) in [5, 5.41) is 8.57. The standard InChI is InChI=1S/C12H18N2O3S/c1-4-9-10(15)14(5-2)11(18-9)8(7-13)12(16)17-6-3/h8-9,11H,4-6H2,1-3H3. The number of carbonyl (C=O) groups excluding carboxylic acids is 2. The van der Waals surface area contributed by atoms with Crippen molar-refractivity contribution in [1.82, 2.24) is 4.90 Å². The quantitative estimate of drug-likeness (QED) is 0.706. The van der Waals surface area contributed by atoms with Crippen molar-refractivity contribution in [2.45, 2.75) is 37.8 Å². The Morgan fingerprint density at radius 1 is 1.56 bits per heavy atom. The lowest BCUT2D eigenvalue weighted by atomic mass is 10.1. The van der Waals surface area contributed by atoms with E-state index in [0.29, 0.717) is 13.0 Å². The Bertz CT molecular complexity index is 367. The van der Waals surface area contributed by atoms with Crippen LogP contribution in [0.25, 0.3) is 0 Å². The number of esters is 1. The first-order valence-electron chi connectivity index (χ1n) is 6.12. The van der Waals surface area contributed by atoms with Crippen LogP contribution in [0.4, 0.5) is 0 Å². The van der Waals surface area contributed by atoms with Gasteiger partial charge in [0.25, 0.3) is 0 Å². The minimum atomic E-state index is -0.907. The van der Waals surface area contributed by atoms with E-state index in [2.05, 4.69) is 0 Å². The molecule has 100 valence electrons. The molecule has 0 aromatic carbocycles. The van der Waals surface area contributed by atoms with Gasteiger partial charge in [-0.1, -0.05) is 6.92 Å². The largest absolute Gasteiger partial charge is 0.465 e. The van der Waals surface area contributed by atoms with Crippen LogP contribution in [-0.4, -0.2) is 40.6 Å². The summed E-state index contributed by atoms with van der Waals surface area (Å²) in [6.07, 6.45) is 0.706. The van der Waals surface area contributed by atoms with Crippen molar-refractivity contribution in [3.05, 3.63) is 0 Å². The summed E-state index contributed by atoms with van der Waals surface area (Å²) in [6.45, 7) is 6.22. The van der Waals surface area contributed by atoms with Crippen molar-refractivity contribution < 1.29 is 14.3 Å². The van der Waals surface area contributed by atoms with E-state index in [1.807, 2.05) is 19.9 Å². The van der Waals surface area contributed by atoms with Crippen molar-refractivity contribution in [2.24, 2.45) is 5.92 Å². The molecular formula is C12H18N2O3S. The monoisotopic (exact) mass is 270 g/mol. The molecule has 3 unspecified atom stereocenters. The SMILES string of the molecule is CCOC(=O)C(C#N)C1SC(CC)C(=O)N1CC. The third-order valence-electron chi connectivity index (χ3n) is 2.85. The van der Waals surface area contributed by atoms with Crippen LogP contribution in [-0.2, 0) is 14.3 Å². The summed E-state index contributed by atoms with van der Waals surface area (Å²) in [7, 11) is 0. The summed E-state index contributed by atoms with van der Waals surface area (Å²) in [4.78, 5) is 25.4. The molecule has 0 bridgehead atoms. The molecular weight excluding hydrogens is 252 g/mol. The zero-order valence-electron chi connectivity index (χ0n) is 10.9. The fourth-order valence-electron chi connectivity index (χ4n) is 1.94. The zero-order chi connectivity index (χ0) is 13.7. The average molecular weight is 270 g/mol. The highest BCUT2D eigenvalue weighted by atomic mass is 32.2. The molecule has 0 spiro atoms. The van der Waals surface area contributed by atoms with Gasteiger partial charge in [0.2, 0.25) is 5.91 Å². The molecule has 1 aliphatic rings. The molecule has 1 fully saturated rings. The Morgan fingerprint density at radius 2 is 2.22 bits per heavy atom. The smallest absolute Gasteiger partial charge is 0.326 e. The van der Waals surface area contributed by atoms with E-state index in [-0.39, 0.29) is 17.8 Å². The molecule has 0 aliphatic carbocycles. The van der Waals surface area contributed by atoms with Gasteiger partial charge in [0.1, 0.15) is 5.37 Å². The van der Waals surface area contributed by atoms with Gasteiger partial charge in [0, 0.05) is 6.54 Å². The van der Waals surface area contributed by atoms with Crippen molar-refractivity contribution in [1.29, 1.82) is 5.26 Å². The molecule has 18 heavy (non-hydrogen) atoms. The Balaban J connectivity index is 2.89. The topological polar surface area (TPSA) is 70.4 Å².